The Labute approximate surface area is 115 Å². The van der Waals surface area contributed by atoms with Crippen LogP contribution in [-0.2, 0) is 11.2 Å². The highest BCUT2D eigenvalue weighted by Crippen LogP contribution is 2.24. The van der Waals surface area contributed by atoms with Gasteiger partial charge in [0.25, 0.3) is 0 Å². The zero-order valence-corrected chi connectivity index (χ0v) is 11.9. The standard InChI is InChI=1S/C17H22O2/c1-13-8-9-17(19-2)15(10-13)12-16(18)11-14-6-4-3-5-7-14/h8-11H,3-7,12H2,1-2H3. The molecule has 1 aliphatic rings. The van der Waals surface area contributed by atoms with Gasteiger partial charge < -0.3 is 4.74 Å². The highest BCUT2D eigenvalue weighted by molar-refractivity contribution is 5.92. The van der Waals surface area contributed by atoms with Crippen molar-refractivity contribution in [2.45, 2.75) is 45.4 Å². The summed E-state index contributed by atoms with van der Waals surface area (Å²) in [5.74, 6) is 1.00. The number of allylic oxidation sites excluding steroid dienone is 2. The van der Waals surface area contributed by atoms with Crippen molar-refractivity contribution in [3.05, 3.63) is 41.0 Å². The maximum Gasteiger partial charge on any atom is 0.160 e. The summed E-state index contributed by atoms with van der Waals surface area (Å²) in [5, 5.41) is 0. The molecule has 1 fully saturated rings. The molecule has 0 atom stereocenters. The molecule has 0 aliphatic heterocycles. The van der Waals surface area contributed by atoms with E-state index in [1.807, 2.05) is 31.2 Å². The van der Waals surface area contributed by atoms with Crippen LogP contribution in [0.5, 0.6) is 5.75 Å². The van der Waals surface area contributed by atoms with Crippen molar-refractivity contribution >= 4 is 5.78 Å². The monoisotopic (exact) mass is 258 g/mol. The lowest BCUT2D eigenvalue weighted by molar-refractivity contribution is -0.114. The number of carbonyl (C=O) groups is 1. The predicted octanol–water partition coefficient (Wildman–Crippen LogP) is 4.01. The number of benzene rings is 1. The third-order valence-electron chi connectivity index (χ3n) is 3.66. The maximum absolute atomic E-state index is 12.1. The van der Waals surface area contributed by atoms with Crippen LogP contribution >= 0.6 is 0 Å². The second-order valence-electron chi connectivity index (χ2n) is 5.32. The molecule has 1 aromatic carbocycles. The van der Waals surface area contributed by atoms with E-state index in [1.54, 1.807) is 7.11 Å². The molecule has 0 aromatic heterocycles. The molecule has 2 rings (SSSR count). The number of rotatable bonds is 4. The zero-order valence-electron chi connectivity index (χ0n) is 11.9. The quantitative estimate of drug-likeness (QED) is 0.763. The molecule has 0 saturated heterocycles. The van der Waals surface area contributed by atoms with Crippen LogP contribution in [0.25, 0.3) is 0 Å². The van der Waals surface area contributed by atoms with Crippen molar-refractivity contribution in [2.24, 2.45) is 0 Å². The zero-order chi connectivity index (χ0) is 13.7. The van der Waals surface area contributed by atoms with Gasteiger partial charge in [0.15, 0.2) is 5.78 Å². The molecule has 102 valence electrons. The van der Waals surface area contributed by atoms with Crippen molar-refractivity contribution in [3.8, 4) is 5.75 Å². The summed E-state index contributed by atoms with van der Waals surface area (Å²) in [6.45, 7) is 2.03. The summed E-state index contributed by atoms with van der Waals surface area (Å²) in [7, 11) is 1.65. The van der Waals surface area contributed by atoms with Crippen molar-refractivity contribution in [1.29, 1.82) is 0 Å². The van der Waals surface area contributed by atoms with Gasteiger partial charge in [0, 0.05) is 12.0 Å². The fourth-order valence-electron chi connectivity index (χ4n) is 2.66. The van der Waals surface area contributed by atoms with E-state index in [2.05, 4.69) is 0 Å². The molecule has 1 aliphatic carbocycles. The minimum Gasteiger partial charge on any atom is -0.496 e. The Balaban J connectivity index is 2.07. The highest BCUT2D eigenvalue weighted by Gasteiger charge is 2.10. The minimum absolute atomic E-state index is 0.195. The fraction of sp³-hybridized carbons (Fsp3) is 0.471. The molecular formula is C17H22O2. The molecule has 0 radical (unpaired) electrons. The number of ketones is 1. The SMILES string of the molecule is COc1ccc(C)cc1CC(=O)C=C1CCCCC1. The van der Waals surface area contributed by atoms with E-state index in [4.69, 9.17) is 4.74 Å². The van der Waals surface area contributed by atoms with Crippen LogP contribution in [0.2, 0.25) is 0 Å². The van der Waals surface area contributed by atoms with E-state index in [9.17, 15) is 4.79 Å². The molecule has 0 spiro atoms. The summed E-state index contributed by atoms with van der Waals surface area (Å²) < 4.78 is 5.32. The van der Waals surface area contributed by atoms with Gasteiger partial charge in [0.2, 0.25) is 0 Å². The van der Waals surface area contributed by atoms with Crippen LogP contribution in [0, 0.1) is 6.92 Å². The maximum atomic E-state index is 12.1. The average molecular weight is 258 g/mol. The number of hydrogen-bond donors (Lipinski definition) is 0. The third-order valence-corrected chi connectivity index (χ3v) is 3.66. The van der Waals surface area contributed by atoms with Crippen LogP contribution in [0.4, 0.5) is 0 Å². The Morgan fingerprint density at radius 2 is 2.00 bits per heavy atom. The molecule has 19 heavy (non-hydrogen) atoms. The van der Waals surface area contributed by atoms with E-state index in [0.29, 0.717) is 6.42 Å². The summed E-state index contributed by atoms with van der Waals surface area (Å²) >= 11 is 0. The third kappa shape index (κ3) is 3.95. The number of carbonyl (C=O) groups excluding carboxylic acids is 1. The van der Waals surface area contributed by atoms with Gasteiger partial charge in [0.1, 0.15) is 5.75 Å². The number of hydrogen-bond acceptors (Lipinski definition) is 2. The number of ether oxygens (including phenoxy) is 1. The molecular weight excluding hydrogens is 236 g/mol. The Morgan fingerprint density at radius 1 is 1.26 bits per heavy atom. The van der Waals surface area contributed by atoms with Gasteiger partial charge >= 0.3 is 0 Å². The molecule has 0 bridgehead atoms. The van der Waals surface area contributed by atoms with Crippen LogP contribution in [0.15, 0.2) is 29.8 Å². The summed E-state index contributed by atoms with van der Waals surface area (Å²) in [6.07, 6.45) is 8.25. The summed E-state index contributed by atoms with van der Waals surface area (Å²) in [4.78, 5) is 12.1. The summed E-state index contributed by atoms with van der Waals surface area (Å²) in [6, 6.07) is 5.98. The van der Waals surface area contributed by atoms with Crippen LogP contribution in [0.1, 0.15) is 43.2 Å². The number of methoxy groups -OCH3 is 1. The smallest absolute Gasteiger partial charge is 0.160 e. The molecule has 0 N–H and O–H groups in total. The van der Waals surface area contributed by atoms with Gasteiger partial charge in [-0.2, -0.15) is 0 Å². The average Bonchev–Trinajstić information content (AvgIpc) is 2.40. The van der Waals surface area contributed by atoms with Gasteiger partial charge in [-0.3, -0.25) is 4.79 Å². The second kappa shape index (κ2) is 6.55. The van der Waals surface area contributed by atoms with Crippen molar-refractivity contribution in [1.82, 2.24) is 0 Å². The lowest BCUT2D eigenvalue weighted by atomic mass is 9.93. The van der Waals surface area contributed by atoms with Gasteiger partial charge in [0.05, 0.1) is 7.11 Å². The normalized spacial score (nSPS) is 15.2. The first-order chi connectivity index (χ1) is 9.19. The van der Waals surface area contributed by atoms with Crippen molar-refractivity contribution in [2.75, 3.05) is 7.11 Å². The Morgan fingerprint density at radius 3 is 2.68 bits per heavy atom. The van der Waals surface area contributed by atoms with E-state index >= 15 is 0 Å². The first-order valence-electron chi connectivity index (χ1n) is 7.05. The van der Waals surface area contributed by atoms with Crippen molar-refractivity contribution in [3.63, 3.8) is 0 Å². The first kappa shape index (κ1) is 13.9. The highest BCUT2D eigenvalue weighted by atomic mass is 16.5. The molecule has 2 heteroatoms. The molecule has 1 aromatic rings. The van der Waals surface area contributed by atoms with Crippen LogP contribution in [0.3, 0.4) is 0 Å². The van der Waals surface area contributed by atoms with Gasteiger partial charge in [-0.1, -0.05) is 29.7 Å². The molecule has 1 saturated carbocycles. The molecule has 0 unspecified atom stereocenters. The first-order valence-corrected chi connectivity index (χ1v) is 7.05. The van der Waals surface area contributed by atoms with Gasteiger partial charge in [-0.05, 0) is 44.7 Å². The van der Waals surface area contributed by atoms with Crippen molar-refractivity contribution < 1.29 is 9.53 Å². The summed E-state index contributed by atoms with van der Waals surface area (Å²) in [5.41, 5.74) is 3.47. The Bertz CT molecular complexity index is 478. The van der Waals surface area contributed by atoms with E-state index in [0.717, 1.165) is 29.7 Å². The lowest BCUT2D eigenvalue weighted by Gasteiger charge is -2.13. The molecule has 0 heterocycles. The molecule has 2 nitrogen and oxygen atoms in total. The Hall–Kier alpha value is -1.57. The Kier molecular flexibility index (Phi) is 4.78. The second-order valence-corrected chi connectivity index (χ2v) is 5.32. The minimum atomic E-state index is 0.195. The largest absolute Gasteiger partial charge is 0.496 e. The number of aryl methyl sites for hydroxylation is 1. The predicted molar refractivity (Wildman–Crippen MR) is 77.6 cm³/mol. The van der Waals surface area contributed by atoms with E-state index in [1.165, 1.54) is 24.8 Å². The topological polar surface area (TPSA) is 26.3 Å². The van der Waals surface area contributed by atoms with E-state index in [-0.39, 0.29) is 5.78 Å². The van der Waals surface area contributed by atoms with Crippen LogP contribution < -0.4 is 4.74 Å². The fourth-order valence-corrected chi connectivity index (χ4v) is 2.66. The van der Waals surface area contributed by atoms with Gasteiger partial charge in [-0.25, -0.2) is 0 Å². The van der Waals surface area contributed by atoms with Crippen LogP contribution in [-0.4, -0.2) is 12.9 Å². The van der Waals surface area contributed by atoms with E-state index < -0.39 is 0 Å². The lowest BCUT2D eigenvalue weighted by Crippen LogP contribution is -2.04. The van der Waals surface area contributed by atoms with Gasteiger partial charge in [-0.15, -0.1) is 0 Å². The molecule has 0 amide bonds.